The standard InChI is InChI=1S/C59H113N2O6P/c1-6-8-10-12-14-16-18-20-22-23-24-25-26-27-28-29-30-31-32-33-34-35-36-37-39-41-43-45-47-49-51-53-59(63)60-57(56-67-68(64,65)66-55-54-61(3,4)5)58(62)52-50-48-46-44-42-40-38-21-19-17-15-13-11-9-7-2/h18,20,23-24,42,44,50,52,57-58,62H,6-17,19,21-22,25-41,43,45-49,51,53-56H2,1-5H3,(H-,60,63,64,65)/b20-18-,24-23-,44-42+,52-50+. The van der Waals surface area contributed by atoms with Crippen LogP contribution in [0.15, 0.2) is 48.6 Å². The number of rotatable bonds is 53. The highest BCUT2D eigenvalue weighted by atomic mass is 31.2. The highest BCUT2D eigenvalue weighted by Gasteiger charge is 2.23. The van der Waals surface area contributed by atoms with Crippen LogP contribution in [-0.2, 0) is 18.4 Å². The Bertz CT molecular complexity index is 1250. The van der Waals surface area contributed by atoms with E-state index in [0.717, 1.165) is 44.9 Å². The molecule has 68 heavy (non-hydrogen) atoms. The zero-order valence-electron chi connectivity index (χ0n) is 45.6. The lowest BCUT2D eigenvalue weighted by molar-refractivity contribution is -0.870. The zero-order chi connectivity index (χ0) is 49.9. The number of aliphatic hydroxyl groups is 1. The van der Waals surface area contributed by atoms with Gasteiger partial charge in [-0.25, -0.2) is 0 Å². The van der Waals surface area contributed by atoms with E-state index in [-0.39, 0.29) is 12.5 Å². The third-order valence-corrected chi connectivity index (χ3v) is 14.0. The van der Waals surface area contributed by atoms with E-state index in [4.69, 9.17) is 9.05 Å². The third-order valence-electron chi connectivity index (χ3n) is 13.0. The fourth-order valence-electron chi connectivity index (χ4n) is 8.44. The Morgan fingerprint density at radius 3 is 1.28 bits per heavy atom. The summed E-state index contributed by atoms with van der Waals surface area (Å²) in [4.78, 5) is 25.5. The normalized spacial score (nSPS) is 14.3. The summed E-state index contributed by atoms with van der Waals surface area (Å²) in [6, 6.07) is -0.902. The lowest BCUT2D eigenvalue weighted by Gasteiger charge is -2.29. The second-order valence-corrected chi connectivity index (χ2v) is 22.4. The number of hydrogen-bond donors (Lipinski definition) is 2. The van der Waals surface area contributed by atoms with Crippen LogP contribution >= 0.6 is 7.82 Å². The lowest BCUT2D eigenvalue weighted by atomic mass is 10.0. The van der Waals surface area contributed by atoms with Crippen LogP contribution in [0.3, 0.4) is 0 Å². The van der Waals surface area contributed by atoms with Crippen molar-refractivity contribution in [3.8, 4) is 0 Å². The first-order chi connectivity index (χ1) is 33.0. The Morgan fingerprint density at radius 2 is 0.868 bits per heavy atom. The van der Waals surface area contributed by atoms with Gasteiger partial charge in [-0.05, 0) is 64.2 Å². The molecule has 9 heteroatoms. The molecule has 0 aromatic rings. The number of phosphoric acid groups is 1. The van der Waals surface area contributed by atoms with Crippen molar-refractivity contribution in [3.05, 3.63) is 48.6 Å². The molecule has 0 radical (unpaired) electrons. The van der Waals surface area contributed by atoms with Gasteiger partial charge in [0.15, 0.2) is 0 Å². The highest BCUT2D eigenvalue weighted by molar-refractivity contribution is 7.45. The summed E-state index contributed by atoms with van der Waals surface area (Å²) in [5.74, 6) is -0.205. The topological polar surface area (TPSA) is 108 Å². The first-order valence-corrected chi connectivity index (χ1v) is 30.5. The molecule has 1 amide bonds. The van der Waals surface area contributed by atoms with E-state index in [1.54, 1.807) is 6.08 Å². The molecule has 0 rings (SSSR count). The van der Waals surface area contributed by atoms with Crippen LogP contribution in [0, 0.1) is 0 Å². The quantitative estimate of drug-likeness (QED) is 0.0272. The predicted molar refractivity (Wildman–Crippen MR) is 293 cm³/mol. The molecule has 0 aliphatic carbocycles. The van der Waals surface area contributed by atoms with E-state index in [1.165, 1.54) is 205 Å². The van der Waals surface area contributed by atoms with E-state index in [0.29, 0.717) is 17.4 Å². The number of hydrogen-bond acceptors (Lipinski definition) is 6. The van der Waals surface area contributed by atoms with Crippen LogP contribution in [0.25, 0.3) is 0 Å². The molecule has 8 nitrogen and oxygen atoms in total. The number of allylic oxidation sites excluding steroid dienone is 7. The summed E-state index contributed by atoms with van der Waals surface area (Å²) in [5, 5.41) is 13.8. The second kappa shape index (κ2) is 50.4. The van der Waals surface area contributed by atoms with Gasteiger partial charge >= 0.3 is 0 Å². The highest BCUT2D eigenvalue weighted by Crippen LogP contribution is 2.38. The average molecular weight is 978 g/mol. The number of nitrogens with zero attached hydrogens (tertiary/aromatic N) is 1. The molecule has 0 aromatic carbocycles. The number of quaternary nitrogens is 1. The number of carbonyl (C=O) groups excluding carboxylic acids is 1. The van der Waals surface area contributed by atoms with Crippen molar-refractivity contribution < 1.29 is 32.9 Å². The fraction of sp³-hybridized carbons (Fsp3) is 0.847. The molecule has 0 saturated heterocycles. The SMILES string of the molecule is CCCCCCC/C=C\C/C=C\CCCCCCCCCCCCCCCCCCCCCC(=O)NC(COP(=O)([O-])OCC[N+](C)(C)C)C(O)/C=C/CC/C=C/CCCCCCCCCCC. The van der Waals surface area contributed by atoms with Crippen molar-refractivity contribution in [2.24, 2.45) is 0 Å². The van der Waals surface area contributed by atoms with Gasteiger partial charge in [0.05, 0.1) is 39.9 Å². The number of carbonyl (C=O) groups is 1. The Morgan fingerprint density at radius 1 is 0.515 bits per heavy atom. The van der Waals surface area contributed by atoms with Crippen molar-refractivity contribution in [2.45, 2.75) is 283 Å². The van der Waals surface area contributed by atoms with Gasteiger partial charge in [-0.3, -0.25) is 9.36 Å². The van der Waals surface area contributed by atoms with Crippen molar-refractivity contribution >= 4 is 13.7 Å². The van der Waals surface area contributed by atoms with Crippen LogP contribution in [0.4, 0.5) is 0 Å². The molecule has 0 aliphatic heterocycles. The molecule has 0 fully saturated rings. The van der Waals surface area contributed by atoms with Gasteiger partial charge in [-0.1, -0.05) is 249 Å². The molecule has 3 atom stereocenters. The Balaban J connectivity index is 4.09. The van der Waals surface area contributed by atoms with Crippen molar-refractivity contribution in [2.75, 3.05) is 40.9 Å². The maximum atomic E-state index is 12.9. The molecule has 0 spiro atoms. The van der Waals surface area contributed by atoms with E-state index in [9.17, 15) is 19.4 Å². The largest absolute Gasteiger partial charge is 0.756 e. The maximum Gasteiger partial charge on any atom is 0.268 e. The van der Waals surface area contributed by atoms with Gasteiger partial charge in [0.25, 0.3) is 7.82 Å². The van der Waals surface area contributed by atoms with E-state index in [1.807, 2.05) is 27.2 Å². The molecule has 3 unspecified atom stereocenters. The van der Waals surface area contributed by atoms with E-state index in [2.05, 4.69) is 55.6 Å². The van der Waals surface area contributed by atoms with Crippen LogP contribution in [0.1, 0.15) is 271 Å². The van der Waals surface area contributed by atoms with Crippen molar-refractivity contribution in [3.63, 3.8) is 0 Å². The molecular formula is C59H113N2O6P. The minimum Gasteiger partial charge on any atom is -0.756 e. The summed E-state index contributed by atoms with van der Waals surface area (Å²) in [5.41, 5.74) is 0. The first-order valence-electron chi connectivity index (χ1n) is 29.0. The predicted octanol–water partition coefficient (Wildman–Crippen LogP) is 16.9. The summed E-state index contributed by atoms with van der Waals surface area (Å²) >= 11 is 0. The molecule has 0 bridgehead atoms. The van der Waals surface area contributed by atoms with E-state index >= 15 is 0 Å². The molecular weight excluding hydrogens is 864 g/mol. The zero-order valence-corrected chi connectivity index (χ0v) is 46.5. The molecule has 0 saturated carbocycles. The van der Waals surface area contributed by atoms with Gasteiger partial charge in [0.1, 0.15) is 13.2 Å². The Hall–Kier alpha value is -1.54. The maximum absolute atomic E-state index is 12.9. The molecule has 2 N–H and O–H groups in total. The number of unbranched alkanes of at least 4 members (excludes halogenated alkanes) is 34. The summed E-state index contributed by atoms with van der Waals surface area (Å²) < 4.78 is 23.3. The van der Waals surface area contributed by atoms with Crippen LogP contribution in [0.2, 0.25) is 0 Å². The fourth-order valence-corrected chi connectivity index (χ4v) is 9.16. The van der Waals surface area contributed by atoms with Gasteiger partial charge in [0, 0.05) is 6.42 Å². The van der Waals surface area contributed by atoms with E-state index < -0.39 is 26.6 Å². The molecule has 400 valence electrons. The summed E-state index contributed by atoms with van der Waals surface area (Å²) in [7, 11) is 1.25. The first kappa shape index (κ1) is 66.5. The summed E-state index contributed by atoms with van der Waals surface area (Å²) in [6.45, 7) is 4.63. The van der Waals surface area contributed by atoms with Crippen LogP contribution in [0.5, 0.6) is 0 Å². The number of aliphatic hydroxyl groups excluding tert-OH is 1. The second-order valence-electron chi connectivity index (χ2n) is 21.0. The molecule has 0 heterocycles. The molecule has 0 aliphatic rings. The van der Waals surface area contributed by atoms with Gasteiger partial charge in [0.2, 0.25) is 5.91 Å². The Kier molecular flexibility index (Phi) is 49.3. The number of phosphoric ester groups is 1. The van der Waals surface area contributed by atoms with Crippen molar-refractivity contribution in [1.29, 1.82) is 0 Å². The van der Waals surface area contributed by atoms with Gasteiger partial charge in [-0.15, -0.1) is 0 Å². The van der Waals surface area contributed by atoms with Gasteiger partial charge in [-0.2, -0.15) is 0 Å². The van der Waals surface area contributed by atoms with Crippen molar-refractivity contribution in [1.82, 2.24) is 5.32 Å². The third kappa shape index (κ3) is 52.3. The average Bonchev–Trinajstić information content (AvgIpc) is 3.30. The Labute approximate surface area is 422 Å². The molecule has 0 aromatic heterocycles. The lowest BCUT2D eigenvalue weighted by Crippen LogP contribution is -2.45. The van der Waals surface area contributed by atoms with Gasteiger partial charge < -0.3 is 28.8 Å². The smallest absolute Gasteiger partial charge is 0.268 e. The number of likely N-dealkylation sites (N-methyl/N-ethyl adjacent to an activating group) is 1. The number of amides is 1. The minimum atomic E-state index is -4.60. The minimum absolute atomic E-state index is 0.00583. The summed E-state index contributed by atoms with van der Waals surface area (Å²) in [6.07, 6.45) is 66.3. The number of nitrogens with one attached hydrogen (secondary N) is 1. The van der Waals surface area contributed by atoms with Crippen LogP contribution < -0.4 is 10.2 Å². The monoisotopic (exact) mass is 977 g/mol. The van der Waals surface area contributed by atoms with Crippen LogP contribution in [-0.4, -0.2) is 68.5 Å².